The van der Waals surface area contributed by atoms with Crippen LogP contribution in [0.5, 0.6) is 0 Å². The number of pyridine rings is 1. The predicted molar refractivity (Wildman–Crippen MR) is 93.5 cm³/mol. The molecule has 0 radical (unpaired) electrons. The van der Waals surface area contributed by atoms with Crippen LogP contribution in [0.3, 0.4) is 0 Å². The molecule has 0 aliphatic heterocycles. The Labute approximate surface area is 145 Å². The van der Waals surface area contributed by atoms with Gasteiger partial charge in [0.2, 0.25) is 5.91 Å². The number of aryl methyl sites for hydroxylation is 1. The maximum Gasteiger partial charge on any atom is 0.227 e. The lowest BCUT2D eigenvalue weighted by molar-refractivity contribution is -0.120. The van der Waals surface area contributed by atoms with E-state index in [9.17, 15) is 9.90 Å². The minimum Gasteiger partial charge on any atom is -0.385 e. The molecule has 0 saturated heterocycles. The maximum absolute atomic E-state index is 12.3. The normalized spacial score (nSPS) is 13.2. The zero-order valence-electron chi connectivity index (χ0n) is 14.0. The van der Waals surface area contributed by atoms with Crippen LogP contribution in [0.4, 0.5) is 5.69 Å². The summed E-state index contributed by atoms with van der Waals surface area (Å²) < 4.78 is 1.77. The number of carbonyl (C=O) groups is 1. The van der Waals surface area contributed by atoms with Gasteiger partial charge in [0.25, 0.3) is 0 Å². The van der Waals surface area contributed by atoms with Crippen molar-refractivity contribution in [3.8, 4) is 11.4 Å². The first-order chi connectivity index (χ1) is 12.0. The molecule has 2 heterocycles. The average Bonchev–Trinajstić information content (AvgIpc) is 3.01. The molecule has 0 aliphatic rings. The van der Waals surface area contributed by atoms with Crippen molar-refractivity contribution in [1.29, 1.82) is 0 Å². The molecule has 0 aliphatic carbocycles. The zero-order chi connectivity index (χ0) is 17.9. The van der Waals surface area contributed by atoms with Gasteiger partial charge in [0.15, 0.2) is 5.82 Å². The van der Waals surface area contributed by atoms with Crippen molar-refractivity contribution in [2.45, 2.75) is 18.9 Å². The number of nitrogens with one attached hydrogen (secondary N) is 1. The standard InChI is InChI=1S/C18H19N5O2/c1-18(25,14-6-4-3-5-7-14)9-16(24)21-15-8-13(10-19-11-15)17-22-20-12-23(17)2/h3-8,10-12,25H,9H2,1-2H3,(H,21,24). The van der Waals surface area contributed by atoms with Gasteiger partial charge >= 0.3 is 0 Å². The van der Waals surface area contributed by atoms with Gasteiger partial charge in [0.05, 0.1) is 23.9 Å². The Hall–Kier alpha value is -3.06. The molecule has 1 aromatic carbocycles. The third kappa shape index (κ3) is 3.89. The van der Waals surface area contributed by atoms with Crippen molar-refractivity contribution in [3.05, 3.63) is 60.7 Å². The Morgan fingerprint density at radius 2 is 2.04 bits per heavy atom. The van der Waals surface area contributed by atoms with Crippen molar-refractivity contribution in [2.24, 2.45) is 7.05 Å². The number of aliphatic hydroxyl groups is 1. The molecule has 2 aromatic heterocycles. The Balaban J connectivity index is 1.72. The second-order valence-corrected chi connectivity index (χ2v) is 6.09. The minimum absolute atomic E-state index is 0.0643. The molecule has 1 unspecified atom stereocenters. The summed E-state index contributed by atoms with van der Waals surface area (Å²) in [6.45, 7) is 1.62. The van der Waals surface area contributed by atoms with E-state index in [1.165, 1.54) is 0 Å². The average molecular weight is 337 g/mol. The number of nitrogens with zero attached hydrogens (tertiary/aromatic N) is 4. The number of aromatic nitrogens is 4. The first kappa shape index (κ1) is 16.8. The Bertz CT molecular complexity index is 874. The Morgan fingerprint density at radius 3 is 2.72 bits per heavy atom. The van der Waals surface area contributed by atoms with Gasteiger partial charge in [-0.15, -0.1) is 10.2 Å². The quantitative estimate of drug-likeness (QED) is 0.744. The van der Waals surface area contributed by atoms with Crippen LogP contribution in [0.15, 0.2) is 55.1 Å². The summed E-state index contributed by atoms with van der Waals surface area (Å²) in [6, 6.07) is 10.9. The number of amides is 1. The SMILES string of the molecule is Cn1cnnc1-c1cncc(NC(=O)CC(C)(O)c2ccccc2)c1. The van der Waals surface area contributed by atoms with Gasteiger partial charge in [-0.1, -0.05) is 30.3 Å². The number of benzene rings is 1. The maximum atomic E-state index is 12.3. The van der Waals surface area contributed by atoms with Crippen LogP contribution >= 0.6 is 0 Å². The van der Waals surface area contributed by atoms with E-state index in [0.717, 1.165) is 5.56 Å². The molecule has 3 rings (SSSR count). The van der Waals surface area contributed by atoms with Crippen molar-refractivity contribution in [2.75, 3.05) is 5.32 Å². The first-order valence-electron chi connectivity index (χ1n) is 7.83. The van der Waals surface area contributed by atoms with E-state index in [1.807, 2.05) is 25.2 Å². The Morgan fingerprint density at radius 1 is 1.28 bits per heavy atom. The molecular formula is C18H19N5O2. The van der Waals surface area contributed by atoms with Crippen LogP contribution < -0.4 is 5.32 Å². The fourth-order valence-electron chi connectivity index (χ4n) is 2.59. The number of rotatable bonds is 5. The van der Waals surface area contributed by atoms with Crippen LogP contribution in [-0.4, -0.2) is 30.8 Å². The van der Waals surface area contributed by atoms with Crippen LogP contribution in [-0.2, 0) is 17.4 Å². The minimum atomic E-state index is -1.25. The van der Waals surface area contributed by atoms with E-state index in [4.69, 9.17) is 0 Å². The highest BCUT2D eigenvalue weighted by Gasteiger charge is 2.26. The Kier molecular flexibility index (Phi) is 4.58. The van der Waals surface area contributed by atoms with Gasteiger partial charge in [0.1, 0.15) is 6.33 Å². The molecule has 7 heteroatoms. The van der Waals surface area contributed by atoms with Gasteiger partial charge in [-0.3, -0.25) is 9.78 Å². The predicted octanol–water partition coefficient (Wildman–Crippen LogP) is 2.11. The third-order valence-electron chi connectivity index (χ3n) is 3.89. The molecule has 2 N–H and O–H groups in total. The summed E-state index contributed by atoms with van der Waals surface area (Å²) in [7, 11) is 1.83. The topological polar surface area (TPSA) is 92.9 Å². The smallest absolute Gasteiger partial charge is 0.227 e. The van der Waals surface area contributed by atoms with E-state index < -0.39 is 5.60 Å². The summed E-state index contributed by atoms with van der Waals surface area (Å²) >= 11 is 0. The number of anilines is 1. The van der Waals surface area contributed by atoms with E-state index >= 15 is 0 Å². The molecule has 0 saturated carbocycles. The first-order valence-corrected chi connectivity index (χ1v) is 7.83. The van der Waals surface area contributed by atoms with Crippen LogP contribution in [0.1, 0.15) is 18.9 Å². The van der Waals surface area contributed by atoms with Crippen molar-refractivity contribution in [1.82, 2.24) is 19.7 Å². The highest BCUT2D eigenvalue weighted by atomic mass is 16.3. The second kappa shape index (κ2) is 6.82. The lowest BCUT2D eigenvalue weighted by Gasteiger charge is -2.23. The van der Waals surface area contributed by atoms with Gasteiger partial charge in [-0.05, 0) is 18.6 Å². The number of carbonyl (C=O) groups excluding carboxylic acids is 1. The van der Waals surface area contributed by atoms with Gasteiger partial charge in [-0.2, -0.15) is 0 Å². The van der Waals surface area contributed by atoms with Crippen LogP contribution in [0.2, 0.25) is 0 Å². The van der Waals surface area contributed by atoms with E-state index in [2.05, 4.69) is 20.5 Å². The van der Waals surface area contributed by atoms with Crippen molar-refractivity contribution >= 4 is 11.6 Å². The monoisotopic (exact) mass is 337 g/mol. The summed E-state index contributed by atoms with van der Waals surface area (Å²) in [5, 5.41) is 21.2. The highest BCUT2D eigenvalue weighted by Crippen LogP contribution is 2.25. The summed E-state index contributed by atoms with van der Waals surface area (Å²) in [6.07, 6.45) is 4.73. The summed E-state index contributed by atoms with van der Waals surface area (Å²) in [5.74, 6) is 0.352. The third-order valence-corrected chi connectivity index (χ3v) is 3.89. The molecule has 128 valence electrons. The molecule has 25 heavy (non-hydrogen) atoms. The fourth-order valence-corrected chi connectivity index (χ4v) is 2.59. The lowest BCUT2D eigenvalue weighted by Crippen LogP contribution is -2.28. The number of hydrogen-bond acceptors (Lipinski definition) is 5. The molecule has 1 amide bonds. The van der Waals surface area contributed by atoms with Crippen LogP contribution in [0, 0.1) is 0 Å². The fraction of sp³-hybridized carbons (Fsp3) is 0.222. The van der Waals surface area contributed by atoms with Crippen molar-refractivity contribution < 1.29 is 9.90 Å². The van der Waals surface area contributed by atoms with E-state index in [0.29, 0.717) is 17.1 Å². The molecule has 0 bridgehead atoms. The van der Waals surface area contributed by atoms with Gasteiger partial charge in [0, 0.05) is 18.8 Å². The van der Waals surface area contributed by atoms with Gasteiger partial charge in [-0.25, -0.2) is 0 Å². The zero-order valence-corrected chi connectivity index (χ0v) is 14.0. The summed E-state index contributed by atoms with van der Waals surface area (Å²) in [4.78, 5) is 16.5. The van der Waals surface area contributed by atoms with Gasteiger partial charge < -0.3 is 15.0 Å². The molecular weight excluding hydrogens is 318 g/mol. The molecule has 0 spiro atoms. The molecule has 0 fully saturated rings. The highest BCUT2D eigenvalue weighted by molar-refractivity contribution is 5.91. The molecule has 7 nitrogen and oxygen atoms in total. The summed E-state index contributed by atoms with van der Waals surface area (Å²) in [5.41, 5.74) is 0.720. The van der Waals surface area contributed by atoms with E-state index in [1.54, 1.807) is 48.4 Å². The molecule has 1 atom stereocenters. The number of hydrogen-bond donors (Lipinski definition) is 2. The van der Waals surface area contributed by atoms with E-state index in [-0.39, 0.29) is 12.3 Å². The molecule has 3 aromatic rings. The van der Waals surface area contributed by atoms with Crippen LogP contribution in [0.25, 0.3) is 11.4 Å². The second-order valence-electron chi connectivity index (χ2n) is 6.09. The largest absolute Gasteiger partial charge is 0.385 e. The lowest BCUT2D eigenvalue weighted by atomic mass is 9.92. The van der Waals surface area contributed by atoms with Crippen molar-refractivity contribution in [3.63, 3.8) is 0 Å².